The summed E-state index contributed by atoms with van der Waals surface area (Å²) in [5.74, 6) is 1.12. The molecule has 0 bridgehead atoms. The summed E-state index contributed by atoms with van der Waals surface area (Å²) < 4.78 is 0. The molecule has 0 radical (unpaired) electrons. The maximum absolute atomic E-state index is 4.46. The van der Waals surface area contributed by atoms with E-state index in [9.17, 15) is 0 Å². The standard InChI is InChI=1S/C14H19N3/c1-16(2)13-9-17(10-13)14-8-12(5-6-15-14)7-11-3-4-11/h5-8,13H,3-4,9-10H2,1-2H3. The summed E-state index contributed by atoms with van der Waals surface area (Å²) in [5.41, 5.74) is 2.87. The van der Waals surface area contributed by atoms with Crippen LogP contribution in [0.4, 0.5) is 5.82 Å². The highest BCUT2D eigenvalue weighted by Crippen LogP contribution is 2.31. The van der Waals surface area contributed by atoms with Crippen LogP contribution in [0.5, 0.6) is 0 Å². The molecule has 2 aliphatic rings. The smallest absolute Gasteiger partial charge is 0.129 e. The zero-order valence-electron chi connectivity index (χ0n) is 10.6. The minimum absolute atomic E-state index is 0.683. The second-order valence-electron chi connectivity index (χ2n) is 5.27. The lowest BCUT2D eigenvalue weighted by molar-refractivity contribution is 0.246. The molecule has 3 nitrogen and oxygen atoms in total. The van der Waals surface area contributed by atoms with Crippen molar-refractivity contribution in [3.05, 3.63) is 29.5 Å². The van der Waals surface area contributed by atoms with Crippen molar-refractivity contribution in [2.75, 3.05) is 32.1 Å². The number of pyridine rings is 1. The van der Waals surface area contributed by atoms with Gasteiger partial charge in [0, 0.05) is 25.3 Å². The Hall–Kier alpha value is -1.35. The Kier molecular flexibility index (Phi) is 2.63. The Balaban J connectivity index is 1.70. The number of allylic oxidation sites excluding steroid dienone is 1. The average molecular weight is 229 g/mol. The lowest BCUT2D eigenvalue weighted by Gasteiger charge is -2.43. The third-order valence-electron chi connectivity index (χ3n) is 3.60. The van der Waals surface area contributed by atoms with Crippen LogP contribution in [-0.2, 0) is 0 Å². The maximum atomic E-state index is 4.46. The normalized spacial score (nSPS) is 19.5. The van der Waals surface area contributed by atoms with Gasteiger partial charge in [-0.05, 0) is 44.6 Å². The van der Waals surface area contributed by atoms with Gasteiger partial charge in [-0.3, -0.25) is 0 Å². The van der Waals surface area contributed by atoms with E-state index in [0.717, 1.165) is 18.9 Å². The van der Waals surface area contributed by atoms with Crippen molar-refractivity contribution in [2.45, 2.75) is 18.9 Å². The van der Waals surface area contributed by atoms with Crippen molar-refractivity contribution in [3.8, 4) is 0 Å². The van der Waals surface area contributed by atoms with Gasteiger partial charge in [0.2, 0.25) is 0 Å². The van der Waals surface area contributed by atoms with Gasteiger partial charge in [-0.25, -0.2) is 4.98 Å². The second-order valence-corrected chi connectivity index (χ2v) is 5.27. The fraction of sp³-hybridized carbons (Fsp3) is 0.500. The Morgan fingerprint density at radius 2 is 2.12 bits per heavy atom. The van der Waals surface area contributed by atoms with Crippen LogP contribution in [0.15, 0.2) is 23.9 Å². The molecule has 3 rings (SSSR count). The van der Waals surface area contributed by atoms with Gasteiger partial charge < -0.3 is 9.80 Å². The first-order valence-corrected chi connectivity index (χ1v) is 6.29. The first-order chi connectivity index (χ1) is 8.22. The van der Waals surface area contributed by atoms with Gasteiger partial charge in [0.25, 0.3) is 0 Å². The second kappa shape index (κ2) is 4.15. The molecule has 1 saturated carbocycles. The molecule has 0 spiro atoms. The van der Waals surface area contributed by atoms with Crippen LogP contribution >= 0.6 is 0 Å². The van der Waals surface area contributed by atoms with Gasteiger partial charge in [0.1, 0.15) is 5.82 Å². The number of nitrogens with zero attached hydrogens (tertiary/aromatic N) is 3. The Labute approximate surface area is 103 Å². The molecule has 2 heterocycles. The van der Waals surface area contributed by atoms with Crippen LogP contribution in [0.2, 0.25) is 0 Å². The van der Waals surface area contributed by atoms with Crippen molar-refractivity contribution >= 4 is 11.9 Å². The third-order valence-corrected chi connectivity index (χ3v) is 3.60. The van der Waals surface area contributed by atoms with E-state index in [0.29, 0.717) is 6.04 Å². The fourth-order valence-corrected chi connectivity index (χ4v) is 2.12. The number of rotatable bonds is 3. The van der Waals surface area contributed by atoms with E-state index in [1.54, 1.807) is 5.57 Å². The average Bonchev–Trinajstić information content (AvgIpc) is 2.99. The monoisotopic (exact) mass is 229 g/mol. The molecule has 1 aromatic heterocycles. The lowest BCUT2D eigenvalue weighted by atomic mass is 10.1. The molecule has 1 aliphatic carbocycles. The highest BCUT2D eigenvalue weighted by molar-refractivity contribution is 5.60. The summed E-state index contributed by atoms with van der Waals surface area (Å²) >= 11 is 0. The Morgan fingerprint density at radius 3 is 2.76 bits per heavy atom. The highest BCUT2D eigenvalue weighted by Gasteiger charge is 2.29. The van der Waals surface area contributed by atoms with E-state index in [-0.39, 0.29) is 0 Å². The van der Waals surface area contributed by atoms with Gasteiger partial charge in [-0.1, -0.05) is 11.6 Å². The van der Waals surface area contributed by atoms with E-state index >= 15 is 0 Å². The topological polar surface area (TPSA) is 19.4 Å². The number of anilines is 1. The molecule has 0 aromatic carbocycles. The fourth-order valence-electron chi connectivity index (χ4n) is 2.12. The number of hydrogen-bond donors (Lipinski definition) is 0. The van der Waals surface area contributed by atoms with Crippen molar-refractivity contribution in [1.82, 2.24) is 9.88 Å². The number of likely N-dealkylation sites (N-methyl/N-ethyl adjacent to an activating group) is 1. The van der Waals surface area contributed by atoms with Crippen LogP contribution in [-0.4, -0.2) is 43.1 Å². The quantitative estimate of drug-likeness (QED) is 0.790. The molecule has 0 atom stereocenters. The van der Waals surface area contributed by atoms with Gasteiger partial charge >= 0.3 is 0 Å². The van der Waals surface area contributed by atoms with Gasteiger partial charge in [-0.2, -0.15) is 0 Å². The zero-order chi connectivity index (χ0) is 11.8. The van der Waals surface area contributed by atoms with E-state index in [4.69, 9.17) is 0 Å². The Morgan fingerprint density at radius 1 is 1.35 bits per heavy atom. The number of hydrogen-bond acceptors (Lipinski definition) is 3. The maximum Gasteiger partial charge on any atom is 0.129 e. The summed E-state index contributed by atoms with van der Waals surface area (Å²) in [7, 11) is 4.28. The van der Waals surface area contributed by atoms with Crippen molar-refractivity contribution < 1.29 is 0 Å². The van der Waals surface area contributed by atoms with E-state index in [1.165, 1.54) is 18.4 Å². The SMILES string of the molecule is CN(C)C1CN(c2cc(C=C3CC3)ccn2)C1. The molecule has 0 unspecified atom stereocenters. The molecular formula is C14H19N3. The first-order valence-electron chi connectivity index (χ1n) is 6.29. The molecule has 1 saturated heterocycles. The first kappa shape index (κ1) is 10.8. The molecule has 2 fully saturated rings. The van der Waals surface area contributed by atoms with E-state index < -0.39 is 0 Å². The summed E-state index contributed by atoms with van der Waals surface area (Å²) in [5, 5.41) is 0. The summed E-state index contributed by atoms with van der Waals surface area (Å²) in [6.45, 7) is 2.19. The van der Waals surface area contributed by atoms with E-state index in [1.807, 2.05) is 6.20 Å². The summed E-state index contributed by atoms with van der Waals surface area (Å²) in [4.78, 5) is 9.09. The van der Waals surface area contributed by atoms with Crippen molar-refractivity contribution in [3.63, 3.8) is 0 Å². The molecule has 1 aromatic rings. The molecule has 90 valence electrons. The van der Waals surface area contributed by atoms with E-state index in [2.05, 4.69) is 47.1 Å². The lowest BCUT2D eigenvalue weighted by Crippen LogP contribution is -2.57. The van der Waals surface area contributed by atoms with Gasteiger partial charge in [-0.15, -0.1) is 0 Å². The molecule has 0 amide bonds. The van der Waals surface area contributed by atoms with Gasteiger partial charge in [0.05, 0.1) is 0 Å². The van der Waals surface area contributed by atoms with Gasteiger partial charge in [0.15, 0.2) is 0 Å². The van der Waals surface area contributed by atoms with Crippen molar-refractivity contribution in [2.24, 2.45) is 0 Å². The molecule has 3 heteroatoms. The number of aromatic nitrogens is 1. The zero-order valence-corrected chi connectivity index (χ0v) is 10.6. The van der Waals surface area contributed by atoms with Crippen LogP contribution in [0.1, 0.15) is 18.4 Å². The third kappa shape index (κ3) is 2.34. The van der Waals surface area contributed by atoms with Crippen molar-refractivity contribution in [1.29, 1.82) is 0 Å². The predicted molar refractivity (Wildman–Crippen MR) is 71.1 cm³/mol. The largest absolute Gasteiger partial charge is 0.353 e. The van der Waals surface area contributed by atoms with Crippen LogP contribution < -0.4 is 4.90 Å². The highest BCUT2D eigenvalue weighted by atomic mass is 15.3. The summed E-state index contributed by atoms with van der Waals surface area (Å²) in [6.07, 6.45) is 6.79. The predicted octanol–water partition coefficient (Wildman–Crippen LogP) is 2.01. The Bertz CT molecular complexity index is 439. The van der Waals surface area contributed by atoms with Crippen LogP contribution in [0.3, 0.4) is 0 Å². The minimum Gasteiger partial charge on any atom is -0.353 e. The minimum atomic E-state index is 0.683. The summed E-state index contributed by atoms with van der Waals surface area (Å²) in [6, 6.07) is 4.98. The molecule has 0 N–H and O–H groups in total. The molecule has 17 heavy (non-hydrogen) atoms. The molecular weight excluding hydrogens is 210 g/mol. The van der Waals surface area contributed by atoms with Crippen LogP contribution in [0, 0.1) is 0 Å². The van der Waals surface area contributed by atoms with Crippen LogP contribution in [0.25, 0.3) is 6.08 Å². The molecule has 1 aliphatic heterocycles.